The van der Waals surface area contributed by atoms with Gasteiger partial charge in [0, 0.05) is 6.54 Å². The first-order valence-corrected chi connectivity index (χ1v) is 5.60. The molecule has 1 aliphatic rings. The molecule has 76 valence electrons. The van der Waals surface area contributed by atoms with Crippen LogP contribution in [0.5, 0.6) is 0 Å². The van der Waals surface area contributed by atoms with Crippen LogP contribution in [-0.2, 0) is 0 Å². The first-order chi connectivity index (χ1) is 6.24. The number of hydrogen-bond acceptors (Lipinski definition) is 1. The van der Waals surface area contributed by atoms with E-state index in [-0.39, 0.29) is 0 Å². The lowest BCUT2D eigenvalue weighted by atomic mass is 9.77. The van der Waals surface area contributed by atoms with E-state index in [2.05, 4.69) is 26.0 Å². The summed E-state index contributed by atoms with van der Waals surface area (Å²) in [5.41, 5.74) is 5.43. The molecule has 0 aromatic rings. The maximum absolute atomic E-state index is 5.43. The fourth-order valence-electron chi connectivity index (χ4n) is 2.28. The van der Waals surface area contributed by atoms with Crippen LogP contribution >= 0.6 is 0 Å². The number of nitrogens with two attached hydrogens (primary N) is 1. The Labute approximate surface area is 82.4 Å². The van der Waals surface area contributed by atoms with Crippen molar-refractivity contribution < 1.29 is 0 Å². The van der Waals surface area contributed by atoms with Gasteiger partial charge in [-0.05, 0) is 43.4 Å². The van der Waals surface area contributed by atoms with Crippen molar-refractivity contribution in [1.29, 1.82) is 0 Å². The molecule has 1 aliphatic carbocycles. The van der Waals surface area contributed by atoms with E-state index < -0.39 is 0 Å². The molecule has 0 aromatic carbocycles. The first kappa shape index (κ1) is 10.8. The van der Waals surface area contributed by atoms with Gasteiger partial charge in [-0.15, -0.1) is 0 Å². The minimum atomic E-state index is 0.699. The molecular weight excluding hydrogens is 158 g/mol. The summed E-state index contributed by atoms with van der Waals surface area (Å²) in [6, 6.07) is 0. The van der Waals surface area contributed by atoms with Gasteiger partial charge in [0.15, 0.2) is 0 Å². The average Bonchev–Trinajstić information content (AvgIpc) is 2.15. The van der Waals surface area contributed by atoms with Gasteiger partial charge < -0.3 is 5.73 Å². The largest absolute Gasteiger partial charge is 0.327 e. The van der Waals surface area contributed by atoms with E-state index in [0.717, 1.165) is 17.8 Å². The van der Waals surface area contributed by atoms with Gasteiger partial charge in [-0.3, -0.25) is 0 Å². The summed E-state index contributed by atoms with van der Waals surface area (Å²) in [6.45, 7) is 5.39. The Balaban J connectivity index is 2.26. The van der Waals surface area contributed by atoms with Gasteiger partial charge in [-0.1, -0.05) is 26.0 Å². The van der Waals surface area contributed by atoms with Crippen LogP contribution in [0.15, 0.2) is 12.2 Å². The maximum atomic E-state index is 5.43. The van der Waals surface area contributed by atoms with Crippen molar-refractivity contribution in [2.75, 3.05) is 6.54 Å². The lowest BCUT2D eigenvalue weighted by Crippen LogP contribution is -2.17. The Morgan fingerprint density at radius 2 is 1.85 bits per heavy atom. The van der Waals surface area contributed by atoms with Gasteiger partial charge in [0.05, 0.1) is 0 Å². The Hall–Kier alpha value is -0.300. The Bertz CT molecular complexity index is 153. The Morgan fingerprint density at radius 3 is 2.31 bits per heavy atom. The molecule has 1 nitrogen and oxygen atoms in total. The van der Waals surface area contributed by atoms with E-state index in [4.69, 9.17) is 5.73 Å². The fraction of sp³-hybridized carbons (Fsp3) is 0.833. The molecule has 1 heteroatoms. The molecule has 13 heavy (non-hydrogen) atoms. The van der Waals surface area contributed by atoms with E-state index in [0.29, 0.717) is 6.54 Å². The quantitative estimate of drug-likeness (QED) is 0.666. The maximum Gasteiger partial charge on any atom is 0.0106 e. The molecule has 1 fully saturated rings. The predicted octanol–water partition coefficient (Wildman–Crippen LogP) is 2.96. The molecule has 0 saturated heterocycles. The minimum Gasteiger partial charge on any atom is -0.327 e. The molecule has 0 amide bonds. The van der Waals surface area contributed by atoms with E-state index in [1.165, 1.54) is 25.7 Å². The van der Waals surface area contributed by atoms with Crippen molar-refractivity contribution in [3.63, 3.8) is 0 Å². The smallest absolute Gasteiger partial charge is 0.0106 e. The first-order valence-electron chi connectivity index (χ1n) is 5.60. The predicted molar refractivity (Wildman–Crippen MR) is 58.5 cm³/mol. The zero-order chi connectivity index (χ0) is 9.68. The van der Waals surface area contributed by atoms with Crippen LogP contribution in [0.25, 0.3) is 0 Å². The van der Waals surface area contributed by atoms with Crippen LogP contribution in [0.4, 0.5) is 0 Å². The van der Waals surface area contributed by atoms with Crippen LogP contribution in [0, 0.1) is 17.8 Å². The molecule has 0 radical (unpaired) electrons. The molecule has 0 atom stereocenters. The molecule has 1 rings (SSSR count). The van der Waals surface area contributed by atoms with E-state index in [1.54, 1.807) is 0 Å². The van der Waals surface area contributed by atoms with E-state index in [9.17, 15) is 0 Å². The molecule has 2 N–H and O–H groups in total. The molecule has 0 aliphatic heterocycles. The van der Waals surface area contributed by atoms with Gasteiger partial charge in [0.2, 0.25) is 0 Å². The van der Waals surface area contributed by atoms with Crippen molar-refractivity contribution in [2.24, 2.45) is 23.5 Å². The van der Waals surface area contributed by atoms with Crippen molar-refractivity contribution in [3.8, 4) is 0 Å². The van der Waals surface area contributed by atoms with Crippen LogP contribution in [-0.4, -0.2) is 6.54 Å². The van der Waals surface area contributed by atoms with Gasteiger partial charge >= 0.3 is 0 Å². The second kappa shape index (κ2) is 5.43. The average molecular weight is 181 g/mol. The van der Waals surface area contributed by atoms with Gasteiger partial charge in [-0.25, -0.2) is 0 Å². The van der Waals surface area contributed by atoms with Crippen molar-refractivity contribution >= 4 is 0 Å². The van der Waals surface area contributed by atoms with Crippen molar-refractivity contribution in [1.82, 2.24) is 0 Å². The summed E-state index contributed by atoms with van der Waals surface area (Å²) in [4.78, 5) is 0. The monoisotopic (exact) mass is 181 g/mol. The van der Waals surface area contributed by atoms with Crippen LogP contribution in [0.1, 0.15) is 39.5 Å². The van der Waals surface area contributed by atoms with E-state index in [1.807, 2.05) is 0 Å². The standard InChI is InChI=1S/C12H23N/c1-10(2)12-7-5-11(6-8-12)4-3-9-13/h3-4,10-12H,5-9,13H2,1-2H3/b4-3+. The lowest BCUT2D eigenvalue weighted by molar-refractivity contribution is 0.248. The fourth-order valence-corrected chi connectivity index (χ4v) is 2.28. The molecule has 1 saturated carbocycles. The zero-order valence-corrected chi connectivity index (χ0v) is 9.00. The second-order valence-corrected chi connectivity index (χ2v) is 4.58. The summed E-state index contributed by atoms with van der Waals surface area (Å²) in [7, 11) is 0. The Kier molecular flexibility index (Phi) is 4.51. The number of hydrogen-bond donors (Lipinski definition) is 1. The number of rotatable bonds is 3. The molecule has 0 spiro atoms. The highest BCUT2D eigenvalue weighted by Gasteiger charge is 2.21. The summed E-state index contributed by atoms with van der Waals surface area (Å²) in [5.74, 6) is 2.67. The number of allylic oxidation sites excluding steroid dienone is 1. The normalized spacial score (nSPS) is 30.2. The third-order valence-electron chi connectivity index (χ3n) is 3.30. The van der Waals surface area contributed by atoms with Gasteiger partial charge in [0.25, 0.3) is 0 Å². The summed E-state index contributed by atoms with van der Waals surface area (Å²) >= 11 is 0. The van der Waals surface area contributed by atoms with Gasteiger partial charge in [-0.2, -0.15) is 0 Å². The zero-order valence-electron chi connectivity index (χ0n) is 9.00. The second-order valence-electron chi connectivity index (χ2n) is 4.58. The minimum absolute atomic E-state index is 0.699. The van der Waals surface area contributed by atoms with Gasteiger partial charge in [0.1, 0.15) is 0 Å². The molecular formula is C12H23N. The van der Waals surface area contributed by atoms with Crippen LogP contribution in [0.2, 0.25) is 0 Å². The van der Waals surface area contributed by atoms with Crippen LogP contribution in [0.3, 0.4) is 0 Å². The highest BCUT2D eigenvalue weighted by atomic mass is 14.5. The lowest BCUT2D eigenvalue weighted by Gasteiger charge is -2.29. The molecule has 0 aromatic heterocycles. The third kappa shape index (κ3) is 3.51. The van der Waals surface area contributed by atoms with Crippen molar-refractivity contribution in [2.45, 2.75) is 39.5 Å². The third-order valence-corrected chi connectivity index (χ3v) is 3.30. The molecule has 0 unspecified atom stereocenters. The topological polar surface area (TPSA) is 26.0 Å². The summed E-state index contributed by atoms with van der Waals surface area (Å²) in [6.07, 6.45) is 10.0. The highest BCUT2D eigenvalue weighted by Crippen LogP contribution is 2.33. The van der Waals surface area contributed by atoms with E-state index >= 15 is 0 Å². The summed E-state index contributed by atoms with van der Waals surface area (Å²) < 4.78 is 0. The molecule has 0 bridgehead atoms. The highest BCUT2D eigenvalue weighted by molar-refractivity contribution is 4.91. The SMILES string of the molecule is CC(C)C1CCC(/C=C/CN)CC1. The Morgan fingerprint density at radius 1 is 1.23 bits per heavy atom. The molecule has 0 heterocycles. The summed E-state index contributed by atoms with van der Waals surface area (Å²) in [5, 5.41) is 0. The van der Waals surface area contributed by atoms with Crippen LogP contribution < -0.4 is 5.73 Å². The van der Waals surface area contributed by atoms with Crippen molar-refractivity contribution in [3.05, 3.63) is 12.2 Å².